The molecule has 1 rings (SSSR count). The zero-order valence-electron chi connectivity index (χ0n) is 9.50. The number of likely N-dealkylation sites (N-methyl/N-ethyl adjacent to an activating group) is 1. The zero-order chi connectivity index (χ0) is 10.1. The third-order valence-electron chi connectivity index (χ3n) is 2.56. The van der Waals surface area contributed by atoms with E-state index in [9.17, 15) is 0 Å². The summed E-state index contributed by atoms with van der Waals surface area (Å²) in [5.74, 6) is 0. The molecular formula is C10H22N2O. The lowest BCUT2D eigenvalue weighted by Gasteiger charge is -2.37. The van der Waals surface area contributed by atoms with Gasteiger partial charge in [0.05, 0.1) is 6.61 Å². The van der Waals surface area contributed by atoms with Crippen LogP contribution in [0.3, 0.4) is 0 Å². The van der Waals surface area contributed by atoms with Crippen LogP contribution in [0.2, 0.25) is 0 Å². The van der Waals surface area contributed by atoms with Crippen LogP contribution in [-0.4, -0.2) is 56.9 Å². The van der Waals surface area contributed by atoms with E-state index in [0.717, 1.165) is 19.7 Å². The Kier molecular flexibility index (Phi) is 3.33. The van der Waals surface area contributed by atoms with Gasteiger partial charge in [-0.25, -0.2) is 0 Å². The van der Waals surface area contributed by atoms with E-state index >= 15 is 0 Å². The molecule has 3 heteroatoms. The van der Waals surface area contributed by atoms with Crippen LogP contribution >= 0.6 is 0 Å². The fraction of sp³-hybridized carbons (Fsp3) is 1.00. The van der Waals surface area contributed by atoms with Crippen molar-refractivity contribution in [2.45, 2.75) is 20.1 Å². The molecule has 0 spiro atoms. The number of hydrogen-bond acceptors (Lipinski definition) is 3. The highest BCUT2D eigenvalue weighted by Crippen LogP contribution is 2.27. The van der Waals surface area contributed by atoms with E-state index in [2.05, 4.69) is 44.8 Å². The van der Waals surface area contributed by atoms with Crippen molar-refractivity contribution in [1.29, 1.82) is 0 Å². The fourth-order valence-corrected chi connectivity index (χ4v) is 2.25. The first-order valence-electron chi connectivity index (χ1n) is 4.90. The van der Waals surface area contributed by atoms with Crippen molar-refractivity contribution in [3.05, 3.63) is 0 Å². The third-order valence-corrected chi connectivity index (χ3v) is 2.56. The average Bonchev–Trinajstić information content (AvgIpc) is 2.06. The monoisotopic (exact) mass is 186 g/mol. The summed E-state index contributed by atoms with van der Waals surface area (Å²) < 4.78 is 5.83. The highest BCUT2D eigenvalue weighted by molar-refractivity contribution is 4.82. The van der Waals surface area contributed by atoms with Crippen molar-refractivity contribution in [2.75, 3.05) is 40.8 Å². The molecule has 1 aliphatic rings. The summed E-state index contributed by atoms with van der Waals surface area (Å²) in [4.78, 5) is 4.50. The van der Waals surface area contributed by atoms with Gasteiger partial charge in [0.25, 0.3) is 0 Å². The summed E-state index contributed by atoms with van der Waals surface area (Å²) in [6.07, 6.45) is 0.234. The van der Waals surface area contributed by atoms with E-state index in [1.54, 1.807) is 0 Å². The van der Waals surface area contributed by atoms with Crippen LogP contribution in [0.15, 0.2) is 0 Å². The lowest BCUT2D eigenvalue weighted by molar-refractivity contribution is -0.0908. The molecule has 1 unspecified atom stereocenters. The molecule has 1 atom stereocenters. The van der Waals surface area contributed by atoms with Crippen LogP contribution in [0, 0.1) is 5.41 Å². The summed E-state index contributed by atoms with van der Waals surface area (Å²) in [6, 6.07) is 0. The van der Waals surface area contributed by atoms with Crippen LogP contribution < -0.4 is 0 Å². The summed E-state index contributed by atoms with van der Waals surface area (Å²) >= 11 is 0. The van der Waals surface area contributed by atoms with Gasteiger partial charge in [-0.3, -0.25) is 4.90 Å². The third kappa shape index (κ3) is 2.66. The highest BCUT2D eigenvalue weighted by Gasteiger charge is 2.35. The highest BCUT2D eigenvalue weighted by atomic mass is 16.5. The lowest BCUT2D eigenvalue weighted by atomic mass is 9.90. The van der Waals surface area contributed by atoms with Gasteiger partial charge in [-0.05, 0) is 21.1 Å². The maximum atomic E-state index is 5.83. The van der Waals surface area contributed by atoms with Gasteiger partial charge in [0.1, 0.15) is 6.23 Å². The second-order valence-corrected chi connectivity index (χ2v) is 4.91. The Balaban J connectivity index is 2.71. The van der Waals surface area contributed by atoms with Gasteiger partial charge < -0.3 is 9.64 Å². The zero-order valence-corrected chi connectivity index (χ0v) is 9.50. The molecule has 0 aromatic heterocycles. The molecule has 0 aromatic carbocycles. The van der Waals surface area contributed by atoms with Crippen molar-refractivity contribution >= 4 is 0 Å². The molecule has 1 heterocycles. The lowest BCUT2D eigenvalue weighted by Crippen LogP contribution is -2.45. The minimum absolute atomic E-state index is 0.203. The van der Waals surface area contributed by atoms with E-state index in [1.807, 2.05) is 0 Å². The van der Waals surface area contributed by atoms with Crippen LogP contribution in [0.4, 0.5) is 0 Å². The summed E-state index contributed by atoms with van der Waals surface area (Å²) in [7, 11) is 6.32. The molecule has 0 N–H and O–H groups in total. The van der Waals surface area contributed by atoms with Crippen LogP contribution in [0.25, 0.3) is 0 Å². The van der Waals surface area contributed by atoms with Crippen LogP contribution in [-0.2, 0) is 4.74 Å². The maximum absolute atomic E-state index is 5.83. The first-order chi connectivity index (χ1) is 5.93. The molecular weight excluding hydrogens is 164 g/mol. The van der Waals surface area contributed by atoms with Crippen molar-refractivity contribution in [3.8, 4) is 0 Å². The first kappa shape index (κ1) is 11.0. The molecule has 0 bridgehead atoms. The Labute approximate surface area is 81.7 Å². The largest absolute Gasteiger partial charge is 0.361 e. The molecule has 13 heavy (non-hydrogen) atoms. The predicted octanol–water partition coefficient (Wildman–Crippen LogP) is 0.862. The first-order valence-corrected chi connectivity index (χ1v) is 4.90. The van der Waals surface area contributed by atoms with Gasteiger partial charge in [-0.2, -0.15) is 0 Å². The molecule has 0 saturated carbocycles. The molecule has 0 radical (unpaired) electrons. The normalized spacial score (nSPS) is 30.5. The van der Waals surface area contributed by atoms with Gasteiger partial charge in [0.2, 0.25) is 0 Å². The number of rotatable bonds is 1. The van der Waals surface area contributed by atoms with Crippen molar-refractivity contribution < 1.29 is 4.74 Å². The second-order valence-electron chi connectivity index (χ2n) is 4.91. The Morgan fingerprint density at radius 3 is 2.54 bits per heavy atom. The molecule has 3 nitrogen and oxygen atoms in total. The minimum atomic E-state index is 0.203. The fourth-order valence-electron chi connectivity index (χ4n) is 2.25. The van der Waals surface area contributed by atoms with Gasteiger partial charge in [0, 0.05) is 18.5 Å². The molecule has 0 amide bonds. The molecule has 0 aromatic rings. The van der Waals surface area contributed by atoms with Crippen LogP contribution in [0.1, 0.15) is 13.8 Å². The topological polar surface area (TPSA) is 15.7 Å². The molecule has 78 valence electrons. The van der Waals surface area contributed by atoms with E-state index in [1.165, 1.54) is 0 Å². The average molecular weight is 186 g/mol. The second kappa shape index (κ2) is 3.95. The number of ether oxygens (including phenoxy) is 1. The molecule has 1 saturated heterocycles. The van der Waals surface area contributed by atoms with Gasteiger partial charge >= 0.3 is 0 Å². The number of hydrogen-bond donors (Lipinski definition) is 0. The molecule has 1 fully saturated rings. The Morgan fingerprint density at radius 2 is 2.00 bits per heavy atom. The predicted molar refractivity (Wildman–Crippen MR) is 54.7 cm³/mol. The standard InChI is InChI=1S/C10H22N2O/c1-10(2)8-12(5)6-7-13-9(10)11(3)4/h9H,6-8H2,1-5H3. The summed E-state index contributed by atoms with van der Waals surface area (Å²) in [5, 5.41) is 0. The molecule has 1 aliphatic heterocycles. The number of nitrogens with zero attached hydrogens (tertiary/aromatic N) is 2. The van der Waals surface area contributed by atoms with Crippen molar-refractivity contribution in [2.24, 2.45) is 5.41 Å². The van der Waals surface area contributed by atoms with E-state index in [0.29, 0.717) is 0 Å². The summed E-state index contributed by atoms with van der Waals surface area (Å²) in [5.41, 5.74) is 0.203. The Bertz CT molecular complexity index is 168. The Morgan fingerprint density at radius 1 is 1.38 bits per heavy atom. The Hall–Kier alpha value is -0.120. The minimum Gasteiger partial charge on any atom is -0.361 e. The molecule has 0 aliphatic carbocycles. The smallest absolute Gasteiger partial charge is 0.116 e. The summed E-state index contributed by atoms with van der Waals surface area (Å²) in [6.45, 7) is 7.49. The van der Waals surface area contributed by atoms with Gasteiger partial charge in [-0.1, -0.05) is 13.8 Å². The van der Waals surface area contributed by atoms with E-state index < -0.39 is 0 Å². The van der Waals surface area contributed by atoms with E-state index in [-0.39, 0.29) is 11.6 Å². The van der Waals surface area contributed by atoms with Gasteiger partial charge in [0.15, 0.2) is 0 Å². The van der Waals surface area contributed by atoms with Crippen molar-refractivity contribution in [1.82, 2.24) is 9.80 Å². The van der Waals surface area contributed by atoms with Crippen molar-refractivity contribution in [3.63, 3.8) is 0 Å². The SMILES string of the molecule is CN1CCOC(N(C)C)C(C)(C)C1. The van der Waals surface area contributed by atoms with E-state index in [4.69, 9.17) is 4.74 Å². The van der Waals surface area contributed by atoms with Crippen LogP contribution in [0.5, 0.6) is 0 Å². The maximum Gasteiger partial charge on any atom is 0.116 e. The van der Waals surface area contributed by atoms with Gasteiger partial charge in [-0.15, -0.1) is 0 Å². The quantitative estimate of drug-likeness (QED) is 0.604.